The normalized spacial score (nSPS) is 32.0. The van der Waals surface area contributed by atoms with Gasteiger partial charge < -0.3 is 19.6 Å². The standard InChI is InChI=1S/C19H29N3O3S/c1-3-19(24)6-4-5-14-11-22(12-15(14)19)17(23)16-13(2)20-18(26-16)21-7-9-25-10-8-21/h14-15,24H,3-12H2,1-2H3/t14-,15+,19-/m0/s1. The molecule has 3 atom stereocenters. The molecule has 0 radical (unpaired) electrons. The van der Waals surface area contributed by atoms with Crippen molar-refractivity contribution in [2.75, 3.05) is 44.3 Å². The third kappa shape index (κ3) is 3.14. The minimum atomic E-state index is -0.598. The van der Waals surface area contributed by atoms with Crippen LogP contribution in [0.4, 0.5) is 5.13 Å². The number of nitrogens with zero attached hydrogens (tertiary/aromatic N) is 3. The number of carbonyl (C=O) groups excluding carboxylic acids is 1. The Kier molecular flexibility index (Phi) is 4.96. The molecule has 7 heteroatoms. The van der Waals surface area contributed by atoms with Gasteiger partial charge in [0.2, 0.25) is 0 Å². The molecule has 2 aliphatic heterocycles. The number of ether oxygens (including phenoxy) is 1. The fourth-order valence-electron chi connectivity index (χ4n) is 4.85. The number of likely N-dealkylation sites (tertiary alicyclic amines) is 1. The summed E-state index contributed by atoms with van der Waals surface area (Å²) in [6, 6.07) is 0. The van der Waals surface area contributed by atoms with E-state index in [1.807, 2.05) is 11.8 Å². The molecule has 0 aromatic carbocycles. The number of thiazole rings is 1. The summed E-state index contributed by atoms with van der Waals surface area (Å²) in [4.78, 5) is 22.8. The van der Waals surface area contributed by atoms with Crippen LogP contribution in [0.3, 0.4) is 0 Å². The van der Waals surface area contributed by atoms with Gasteiger partial charge in [0.15, 0.2) is 5.13 Å². The number of rotatable bonds is 3. The molecule has 2 saturated heterocycles. The first-order valence-corrected chi connectivity index (χ1v) is 10.7. The second kappa shape index (κ2) is 7.09. The van der Waals surface area contributed by atoms with Gasteiger partial charge in [-0.1, -0.05) is 24.7 Å². The van der Waals surface area contributed by atoms with Crippen molar-refractivity contribution in [1.82, 2.24) is 9.88 Å². The average Bonchev–Trinajstić information content (AvgIpc) is 3.27. The Morgan fingerprint density at radius 3 is 2.88 bits per heavy atom. The zero-order valence-electron chi connectivity index (χ0n) is 15.7. The Hall–Kier alpha value is -1.18. The van der Waals surface area contributed by atoms with E-state index in [4.69, 9.17) is 4.74 Å². The van der Waals surface area contributed by atoms with Gasteiger partial charge in [0.05, 0.1) is 24.5 Å². The quantitative estimate of drug-likeness (QED) is 0.873. The van der Waals surface area contributed by atoms with Crippen molar-refractivity contribution < 1.29 is 14.6 Å². The van der Waals surface area contributed by atoms with E-state index in [-0.39, 0.29) is 11.8 Å². The Labute approximate surface area is 159 Å². The fraction of sp³-hybridized carbons (Fsp3) is 0.789. The van der Waals surface area contributed by atoms with Crippen LogP contribution in [0.25, 0.3) is 0 Å². The molecule has 26 heavy (non-hydrogen) atoms. The van der Waals surface area contributed by atoms with Gasteiger partial charge in [0.1, 0.15) is 4.88 Å². The number of morpholine rings is 1. The van der Waals surface area contributed by atoms with Crippen LogP contribution >= 0.6 is 11.3 Å². The minimum absolute atomic E-state index is 0.0902. The van der Waals surface area contributed by atoms with Crippen LogP contribution < -0.4 is 4.90 Å². The maximum atomic E-state index is 13.2. The summed E-state index contributed by atoms with van der Waals surface area (Å²) in [6.07, 6.45) is 3.83. The van der Waals surface area contributed by atoms with Crippen LogP contribution in [0.2, 0.25) is 0 Å². The number of hydrogen-bond acceptors (Lipinski definition) is 6. The Morgan fingerprint density at radius 1 is 1.38 bits per heavy atom. The molecule has 3 heterocycles. The third-order valence-electron chi connectivity index (χ3n) is 6.48. The highest BCUT2D eigenvalue weighted by atomic mass is 32.1. The molecule has 0 unspecified atom stereocenters. The SMILES string of the molecule is CC[C@]1(O)CCC[C@H]2CN(C(=O)c3sc(N4CCOCC4)nc3C)C[C@H]21. The first-order chi connectivity index (χ1) is 12.5. The second-order valence-corrected chi connectivity index (χ2v) is 8.91. The molecule has 1 saturated carbocycles. The van der Waals surface area contributed by atoms with Gasteiger partial charge in [-0.05, 0) is 32.1 Å². The van der Waals surface area contributed by atoms with Crippen molar-refractivity contribution in [2.45, 2.75) is 45.1 Å². The predicted molar refractivity (Wildman–Crippen MR) is 102 cm³/mol. The van der Waals surface area contributed by atoms with Gasteiger partial charge in [-0.3, -0.25) is 4.79 Å². The van der Waals surface area contributed by atoms with Crippen LogP contribution in [0.15, 0.2) is 0 Å². The van der Waals surface area contributed by atoms with Crippen LogP contribution in [0.1, 0.15) is 48.0 Å². The minimum Gasteiger partial charge on any atom is -0.390 e. The highest BCUT2D eigenvalue weighted by molar-refractivity contribution is 7.17. The van der Waals surface area contributed by atoms with E-state index in [2.05, 4.69) is 16.8 Å². The Balaban J connectivity index is 1.51. The van der Waals surface area contributed by atoms with Crippen molar-refractivity contribution >= 4 is 22.4 Å². The highest BCUT2D eigenvalue weighted by Crippen LogP contribution is 2.45. The lowest BCUT2D eigenvalue weighted by Gasteiger charge is -2.40. The number of fused-ring (bicyclic) bond motifs is 1. The van der Waals surface area contributed by atoms with Crippen molar-refractivity contribution in [3.05, 3.63) is 10.6 Å². The van der Waals surface area contributed by atoms with Gasteiger partial charge in [0.25, 0.3) is 5.91 Å². The molecule has 1 aromatic heterocycles. The molecule has 1 aliphatic carbocycles. The molecule has 1 aromatic rings. The average molecular weight is 380 g/mol. The maximum absolute atomic E-state index is 13.2. The highest BCUT2D eigenvalue weighted by Gasteiger charge is 2.49. The Bertz CT molecular complexity index is 673. The van der Waals surface area contributed by atoms with Crippen molar-refractivity contribution in [3.63, 3.8) is 0 Å². The summed E-state index contributed by atoms with van der Waals surface area (Å²) in [7, 11) is 0. The van der Waals surface area contributed by atoms with Gasteiger partial charge in [0, 0.05) is 32.1 Å². The van der Waals surface area contributed by atoms with E-state index < -0.39 is 5.60 Å². The lowest BCUT2D eigenvalue weighted by Crippen LogP contribution is -2.44. The first-order valence-electron chi connectivity index (χ1n) is 9.83. The van der Waals surface area contributed by atoms with Crippen molar-refractivity contribution in [2.24, 2.45) is 11.8 Å². The molecular formula is C19H29N3O3S. The number of hydrogen-bond donors (Lipinski definition) is 1. The molecular weight excluding hydrogens is 350 g/mol. The molecule has 3 fully saturated rings. The molecule has 1 N–H and O–H groups in total. The van der Waals surface area contributed by atoms with E-state index in [0.29, 0.717) is 25.7 Å². The molecule has 1 amide bonds. The molecule has 0 bridgehead atoms. The predicted octanol–water partition coefficient (Wildman–Crippen LogP) is 2.30. The van der Waals surface area contributed by atoms with E-state index in [1.165, 1.54) is 11.3 Å². The zero-order chi connectivity index (χ0) is 18.3. The van der Waals surface area contributed by atoms with Crippen LogP contribution in [0, 0.1) is 18.8 Å². The van der Waals surface area contributed by atoms with Crippen LogP contribution in [-0.2, 0) is 4.74 Å². The number of aliphatic hydroxyl groups is 1. The number of aromatic nitrogens is 1. The number of carbonyl (C=O) groups is 1. The van der Waals surface area contributed by atoms with E-state index in [1.54, 1.807) is 0 Å². The van der Waals surface area contributed by atoms with E-state index in [0.717, 1.165) is 61.0 Å². The summed E-state index contributed by atoms with van der Waals surface area (Å²) in [5.74, 6) is 0.745. The smallest absolute Gasteiger partial charge is 0.265 e. The van der Waals surface area contributed by atoms with Crippen LogP contribution in [0.5, 0.6) is 0 Å². The summed E-state index contributed by atoms with van der Waals surface area (Å²) in [5.41, 5.74) is 0.224. The molecule has 144 valence electrons. The van der Waals surface area contributed by atoms with Gasteiger partial charge in [-0.15, -0.1) is 0 Å². The summed E-state index contributed by atoms with van der Waals surface area (Å²) < 4.78 is 5.41. The lowest BCUT2D eigenvalue weighted by atomic mass is 9.69. The largest absolute Gasteiger partial charge is 0.390 e. The van der Waals surface area contributed by atoms with E-state index in [9.17, 15) is 9.90 Å². The third-order valence-corrected chi connectivity index (χ3v) is 7.68. The van der Waals surface area contributed by atoms with Gasteiger partial charge >= 0.3 is 0 Å². The summed E-state index contributed by atoms with van der Waals surface area (Å²) >= 11 is 1.51. The Morgan fingerprint density at radius 2 is 2.15 bits per heavy atom. The fourth-order valence-corrected chi connectivity index (χ4v) is 5.93. The van der Waals surface area contributed by atoms with E-state index >= 15 is 0 Å². The number of amides is 1. The molecule has 4 rings (SSSR count). The maximum Gasteiger partial charge on any atom is 0.265 e. The monoisotopic (exact) mass is 379 g/mol. The first kappa shape index (κ1) is 18.2. The molecule has 6 nitrogen and oxygen atoms in total. The topological polar surface area (TPSA) is 65.9 Å². The van der Waals surface area contributed by atoms with Crippen molar-refractivity contribution in [1.29, 1.82) is 0 Å². The van der Waals surface area contributed by atoms with Gasteiger partial charge in [-0.25, -0.2) is 4.98 Å². The van der Waals surface area contributed by atoms with Crippen LogP contribution in [-0.4, -0.2) is 65.9 Å². The van der Waals surface area contributed by atoms with Crippen molar-refractivity contribution in [3.8, 4) is 0 Å². The lowest BCUT2D eigenvalue weighted by molar-refractivity contribution is -0.0609. The molecule has 0 spiro atoms. The summed E-state index contributed by atoms with van der Waals surface area (Å²) in [5, 5.41) is 11.9. The van der Waals surface area contributed by atoms with Gasteiger partial charge in [-0.2, -0.15) is 0 Å². The number of anilines is 1. The second-order valence-electron chi connectivity index (χ2n) is 7.94. The number of aryl methyl sites for hydroxylation is 1. The summed E-state index contributed by atoms with van der Waals surface area (Å²) in [6.45, 7) is 8.54. The zero-order valence-corrected chi connectivity index (χ0v) is 16.6. The molecule has 3 aliphatic rings.